The Hall–Kier alpha value is -0.830. The van der Waals surface area contributed by atoms with Crippen molar-refractivity contribution >= 4 is 0 Å². The molecule has 0 bridgehead atoms. The lowest BCUT2D eigenvalue weighted by Crippen LogP contribution is -2.39. The Balaban J connectivity index is 2.84. The Bertz CT molecular complexity index is 302. The van der Waals surface area contributed by atoms with E-state index >= 15 is 0 Å². The minimum atomic E-state index is -0.263. The molecular formula is C12H23N3. The third kappa shape index (κ3) is 2.59. The Morgan fingerprint density at radius 1 is 1.53 bits per heavy atom. The molecule has 1 aromatic rings. The van der Waals surface area contributed by atoms with Crippen LogP contribution in [0.3, 0.4) is 0 Å². The molecule has 2 unspecified atom stereocenters. The smallest absolute Gasteiger partial charge is 0.0540 e. The number of nitrogens with two attached hydrogens (primary N) is 1. The molecule has 0 saturated heterocycles. The lowest BCUT2D eigenvalue weighted by Gasteiger charge is -2.29. The molecule has 1 aromatic heterocycles. The standard InChI is InChI=1S/C12H23N3/c1-5-7-15-9-11(8-14-15)12(4,13)10(3)6-2/h8-10H,5-7,13H2,1-4H3. The summed E-state index contributed by atoms with van der Waals surface area (Å²) < 4.78 is 1.98. The van der Waals surface area contributed by atoms with Gasteiger partial charge in [-0.3, -0.25) is 4.68 Å². The molecule has 0 spiro atoms. The quantitative estimate of drug-likeness (QED) is 0.809. The third-order valence-corrected chi connectivity index (χ3v) is 3.34. The second kappa shape index (κ2) is 4.79. The first-order valence-electron chi connectivity index (χ1n) is 5.84. The van der Waals surface area contributed by atoms with E-state index in [4.69, 9.17) is 5.73 Å². The summed E-state index contributed by atoms with van der Waals surface area (Å²) in [5.74, 6) is 0.469. The molecule has 0 amide bonds. The van der Waals surface area contributed by atoms with Crippen LogP contribution in [0.1, 0.15) is 46.1 Å². The average molecular weight is 209 g/mol. The van der Waals surface area contributed by atoms with Crippen LogP contribution in [0.2, 0.25) is 0 Å². The van der Waals surface area contributed by atoms with Crippen molar-refractivity contribution in [2.45, 2.75) is 52.6 Å². The van der Waals surface area contributed by atoms with E-state index in [1.807, 2.05) is 10.9 Å². The average Bonchev–Trinajstić information content (AvgIpc) is 2.66. The topological polar surface area (TPSA) is 43.8 Å². The van der Waals surface area contributed by atoms with Crippen molar-refractivity contribution in [1.82, 2.24) is 9.78 Å². The summed E-state index contributed by atoms with van der Waals surface area (Å²) in [6.07, 6.45) is 6.18. The van der Waals surface area contributed by atoms with Gasteiger partial charge in [-0.15, -0.1) is 0 Å². The second-order valence-corrected chi connectivity index (χ2v) is 4.58. The number of hydrogen-bond acceptors (Lipinski definition) is 2. The van der Waals surface area contributed by atoms with Gasteiger partial charge in [-0.1, -0.05) is 27.2 Å². The summed E-state index contributed by atoms with van der Waals surface area (Å²) in [4.78, 5) is 0. The summed E-state index contributed by atoms with van der Waals surface area (Å²) >= 11 is 0. The highest BCUT2D eigenvalue weighted by atomic mass is 15.3. The molecule has 0 aliphatic rings. The van der Waals surface area contributed by atoms with Gasteiger partial charge in [0.15, 0.2) is 0 Å². The molecule has 1 rings (SSSR count). The fraction of sp³-hybridized carbons (Fsp3) is 0.750. The van der Waals surface area contributed by atoms with E-state index in [0.717, 1.165) is 24.9 Å². The maximum absolute atomic E-state index is 6.35. The van der Waals surface area contributed by atoms with E-state index in [9.17, 15) is 0 Å². The van der Waals surface area contributed by atoms with Gasteiger partial charge < -0.3 is 5.73 Å². The van der Waals surface area contributed by atoms with E-state index in [0.29, 0.717) is 5.92 Å². The molecule has 0 fully saturated rings. The highest BCUT2D eigenvalue weighted by molar-refractivity contribution is 5.17. The summed E-state index contributed by atoms with van der Waals surface area (Å²) in [5.41, 5.74) is 7.23. The monoisotopic (exact) mass is 209 g/mol. The van der Waals surface area contributed by atoms with Gasteiger partial charge in [0.1, 0.15) is 0 Å². The van der Waals surface area contributed by atoms with Gasteiger partial charge in [-0.25, -0.2) is 0 Å². The zero-order valence-corrected chi connectivity index (χ0v) is 10.3. The Morgan fingerprint density at radius 2 is 2.20 bits per heavy atom. The summed E-state index contributed by atoms with van der Waals surface area (Å²) in [7, 11) is 0. The van der Waals surface area contributed by atoms with Crippen LogP contribution >= 0.6 is 0 Å². The van der Waals surface area contributed by atoms with Crippen molar-refractivity contribution < 1.29 is 0 Å². The molecule has 2 N–H and O–H groups in total. The highest BCUT2D eigenvalue weighted by Crippen LogP contribution is 2.28. The number of nitrogens with zero attached hydrogens (tertiary/aromatic N) is 2. The van der Waals surface area contributed by atoms with E-state index in [-0.39, 0.29) is 5.54 Å². The van der Waals surface area contributed by atoms with E-state index in [1.54, 1.807) is 0 Å². The van der Waals surface area contributed by atoms with Crippen LogP contribution in [0.15, 0.2) is 12.4 Å². The minimum Gasteiger partial charge on any atom is -0.321 e. The number of aryl methyl sites for hydroxylation is 1. The second-order valence-electron chi connectivity index (χ2n) is 4.58. The van der Waals surface area contributed by atoms with E-state index in [2.05, 4.69) is 39.0 Å². The number of rotatable bonds is 5. The van der Waals surface area contributed by atoms with E-state index in [1.165, 1.54) is 0 Å². The van der Waals surface area contributed by atoms with Crippen molar-refractivity contribution in [3.05, 3.63) is 18.0 Å². The van der Waals surface area contributed by atoms with Crippen LogP contribution < -0.4 is 5.73 Å². The third-order valence-electron chi connectivity index (χ3n) is 3.34. The lowest BCUT2D eigenvalue weighted by atomic mass is 9.82. The van der Waals surface area contributed by atoms with Crippen LogP contribution in [0.25, 0.3) is 0 Å². The molecule has 0 radical (unpaired) electrons. The van der Waals surface area contributed by atoms with Crippen molar-refractivity contribution in [3.63, 3.8) is 0 Å². The Kier molecular flexibility index (Phi) is 3.91. The zero-order chi connectivity index (χ0) is 11.5. The van der Waals surface area contributed by atoms with Crippen LogP contribution in [-0.4, -0.2) is 9.78 Å². The van der Waals surface area contributed by atoms with Gasteiger partial charge >= 0.3 is 0 Å². The van der Waals surface area contributed by atoms with Crippen LogP contribution in [0, 0.1) is 5.92 Å². The predicted molar refractivity (Wildman–Crippen MR) is 63.5 cm³/mol. The minimum absolute atomic E-state index is 0.263. The fourth-order valence-corrected chi connectivity index (χ4v) is 1.70. The summed E-state index contributed by atoms with van der Waals surface area (Å²) in [6, 6.07) is 0. The molecule has 86 valence electrons. The molecule has 3 heteroatoms. The van der Waals surface area contributed by atoms with Crippen LogP contribution in [-0.2, 0) is 12.1 Å². The van der Waals surface area contributed by atoms with Gasteiger partial charge in [0.2, 0.25) is 0 Å². The molecule has 3 nitrogen and oxygen atoms in total. The fourth-order valence-electron chi connectivity index (χ4n) is 1.70. The lowest BCUT2D eigenvalue weighted by molar-refractivity contribution is 0.316. The highest BCUT2D eigenvalue weighted by Gasteiger charge is 2.28. The van der Waals surface area contributed by atoms with Gasteiger partial charge in [-0.2, -0.15) is 5.10 Å². The molecule has 1 heterocycles. The Labute approximate surface area is 92.7 Å². The molecule has 15 heavy (non-hydrogen) atoms. The first-order valence-corrected chi connectivity index (χ1v) is 5.84. The van der Waals surface area contributed by atoms with E-state index < -0.39 is 0 Å². The first-order chi connectivity index (χ1) is 7.02. The SMILES string of the molecule is CCCn1cc(C(C)(N)C(C)CC)cn1. The summed E-state index contributed by atoms with van der Waals surface area (Å²) in [6.45, 7) is 9.58. The molecule has 2 atom stereocenters. The first kappa shape index (κ1) is 12.2. The molecule has 0 aliphatic heterocycles. The van der Waals surface area contributed by atoms with Crippen molar-refractivity contribution in [3.8, 4) is 0 Å². The maximum Gasteiger partial charge on any atom is 0.0540 e. The van der Waals surface area contributed by atoms with Crippen molar-refractivity contribution in [2.24, 2.45) is 11.7 Å². The maximum atomic E-state index is 6.35. The summed E-state index contributed by atoms with van der Waals surface area (Å²) in [5, 5.41) is 4.33. The zero-order valence-electron chi connectivity index (χ0n) is 10.3. The normalized spacial score (nSPS) is 17.4. The van der Waals surface area contributed by atoms with Crippen molar-refractivity contribution in [1.29, 1.82) is 0 Å². The van der Waals surface area contributed by atoms with Crippen LogP contribution in [0.5, 0.6) is 0 Å². The predicted octanol–water partition coefficient (Wildman–Crippen LogP) is 2.51. The number of aromatic nitrogens is 2. The molecule has 0 aromatic carbocycles. The molecular weight excluding hydrogens is 186 g/mol. The number of hydrogen-bond donors (Lipinski definition) is 1. The van der Waals surface area contributed by atoms with Crippen LogP contribution in [0.4, 0.5) is 0 Å². The van der Waals surface area contributed by atoms with Gasteiger partial charge in [-0.05, 0) is 19.3 Å². The van der Waals surface area contributed by atoms with Gasteiger partial charge in [0.05, 0.1) is 6.20 Å². The Morgan fingerprint density at radius 3 is 2.73 bits per heavy atom. The largest absolute Gasteiger partial charge is 0.321 e. The van der Waals surface area contributed by atoms with Gasteiger partial charge in [0.25, 0.3) is 0 Å². The van der Waals surface area contributed by atoms with Crippen molar-refractivity contribution in [2.75, 3.05) is 0 Å². The molecule has 0 saturated carbocycles. The molecule has 0 aliphatic carbocycles. The van der Waals surface area contributed by atoms with Gasteiger partial charge in [0, 0.05) is 23.8 Å².